The molecule has 0 radical (unpaired) electrons. The van der Waals surface area contributed by atoms with Gasteiger partial charge >= 0.3 is 0 Å². The summed E-state index contributed by atoms with van der Waals surface area (Å²) in [7, 11) is 0. The lowest BCUT2D eigenvalue weighted by atomic mass is 9.93. The second-order valence-electron chi connectivity index (χ2n) is 18.0. The van der Waals surface area contributed by atoms with Crippen LogP contribution in [0.5, 0.6) is 0 Å². The summed E-state index contributed by atoms with van der Waals surface area (Å²) in [5.74, 6) is 0. The highest BCUT2D eigenvalue weighted by atomic mass is 16.3. The van der Waals surface area contributed by atoms with Crippen LogP contribution in [0.1, 0.15) is 0 Å². The summed E-state index contributed by atoms with van der Waals surface area (Å²) in [4.78, 5) is 2.41. The van der Waals surface area contributed by atoms with Crippen molar-refractivity contribution in [1.82, 2.24) is 4.57 Å². The molecule has 0 aliphatic heterocycles. The number of benzene rings is 12. The van der Waals surface area contributed by atoms with Crippen LogP contribution in [0.25, 0.3) is 115 Å². The minimum atomic E-state index is 0.882. The van der Waals surface area contributed by atoms with E-state index in [1.54, 1.807) is 0 Å². The fraction of sp³-hybridized carbons (Fsp3) is 0. The monoisotopic (exact) mass is 878 g/mol. The number of hydrogen-bond donors (Lipinski definition) is 0. The van der Waals surface area contributed by atoms with Gasteiger partial charge in [-0.15, -0.1) is 0 Å². The topological polar surface area (TPSA) is 21.3 Å². The molecular weight excluding hydrogens is 837 g/mol. The molecule has 3 nitrogen and oxygen atoms in total. The molecule has 0 bridgehead atoms. The molecule has 14 rings (SSSR count). The minimum absolute atomic E-state index is 0.882. The van der Waals surface area contributed by atoms with Crippen LogP contribution in [0.4, 0.5) is 17.1 Å². The van der Waals surface area contributed by atoms with Crippen molar-refractivity contribution < 1.29 is 4.42 Å². The van der Waals surface area contributed by atoms with Crippen LogP contribution in [0, 0.1) is 0 Å². The van der Waals surface area contributed by atoms with Gasteiger partial charge in [-0.3, -0.25) is 0 Å². The molecule has 0 saturated carbocycles. The van der Waals surface area contributed by atoms with Gasteiger partial charge in [0.25, 0.3) is 0 Å². The fourth-order valence-corrected chi connectivity index (χ4v) is 11.0. The highest BCUT2D eigenvalue weighted by Crippen LogP contribution is 2.45. The Morgan fingerprint density at radius 2 is 0.841 bits per heavy atom. The third-order valence-corrected chi connectivity index (χ3v) is 14.2. The van der Waals surface area contributed by atoms with Crippen molar-refractivity contribution in [3.8, 4) is 39.1 Å². The molecule has 12 aromatic carbocycles. The molecule has 0 N–H and O–H groups in total. The summed E-state index contributed by atoms with van der Waals surface area (Å²) in [6, 6.07) is 92.5. The van der Waals surface area contributed by atoms with E-state index in [2.05, 4.69) is 264 Å². The number of furan rings is 1. The number of anilines is 3. The van der Waals surface area contributed by atoms with Crippen LogP contribution in [0.3, 0.4) is 0 Å². The normalized spacial score (nSPS) is 11.8. The van der Waals surface area contributed by atoms with Gasteiger partial charge in [0.05, 0.1) is 22.4 Å². The van der Waals surface area contributed by atoms with E-state index in [-0.39, 0.29) is 0 Å². The van der Waals surface area contributed by atoms with E-state index in [0.717, 1.165) is 66.8 Å². The summed E-state index contributed by atoms with van der Waals surface area (Å²) in [5.41, 5.74) is 15.5. The van der Waals surface area contributed by atoms with Gasteiger partial charge < -0.3 is 13.9 Å². The van der Waals surface area contributed by atoms with Crippen LogP contribution in [0.2, 0.25) is 0 Å². The number of rotatable bonds is 7. The molecule has 0 aliphatic carbocycles. The van der Waals surface area contributed by atoms with Gasteiger partial charge in [0, 0.05) is 49.4 Å². The number of aromatic nitrogens is 1. The zero-order valence-corrected chi connectivity index (χ0v) is 37.6. The number of nitrogens with zero attached hydrogens (tertiary/aromatic N) is 2. The lowest BCUT2D eigenvalue weighted by Gasteiger charge is -2.28. The Morgan fingerprint density at radius 3 is 1.57 bits per heavy atom. The van der Waals surface area contributed by atoms with Gasteiger partial charge in [0.2, 0.25) is 0 Å². The summed E-state index contributed by atoms with van der Waals surface area (Å²) in [6.45, 7) is 0. The molecule has 2 heterocycles. The van der Waals surface area contributed by atoms with Gasteiger partial charge in [0.15, 0.2) is 0 Å². The SMILES string of the molecule is c1ccc(N(c2ccc(-c3ccccc3-n3c4ccccc4c4ccccc43)cc2)c2ccc(-c3cc4ccccc4c4ccccc34)cc2)c(-c2ccc3oc4c5ccccc5ccc4c3c2)c1. The van der Waals surface area contributed by atoms with Crippen molar-refractivity contribution in [3.05, 3.63) is 255 Å². The molecule has 0 aliphatic rings. The first-order valence-electron chi connectivity index (χ1n) is 23.7. The van der Waals surface area contributed by atoms with Gasteiger partial charge in [-0.05, 0) is 122 Å². The third kappa shape index (κ3) is 6.29. The summed E-state index contributed by atoms with van der Waals surface area (Å²) in [5, 5.41) is 12.0. The quantitative estimate of drug-likeness (QED) is 0.149. The molecule has 0 fully saturated rings. The Hall–Kier alpha value is -9.18. The molecule has 0 saturated heterocycles. The Balaban J connectivity index is 0.924. The van der Waals surface area contributed by atoms with E-state index >= 15 is 0 Å². The Kier molecular flexibility index (Phi) is 8.90. The summed E-state index contributed by atoms with van der Waals surface area (Å²) < 4.78 is 9.00. The average Bonchev–Trinajstić information content (AvgIpc) is 3.97. The Bertz CT molecular complexity index is 4260. The van der Waals surface area contributed by atoms with Crippen molar-refractivity contribution in [2.75, 3.05) is 4.90 Å². The molecule has 0 spiro atoms. The third-order valence-electron chi connectivity index (χ3n) is 14.2. The van der Waals surface area contributed by atoms with E-state index < -0.39 is 0 Å². The highest BCUT2D eigenvalue weighted by molar-refractivity contribution is 6.16. The summed E-state index contributed by atoms with van der Waals surface area (Å²) >= 11 is 0. The van der Waals surface area contributed by atoms with E-state index in [0.29, 0.717) is 0 Å². The largest absolute Gasteiger partial charge is 0.455 e. The molecule has 14 aromatic rings. The van der Waals surface area contributed by atoms with Crippen LogP contribution >= 0.6 is 0 Å². The lowest BCUT2D eigenvalue weighted by molar-refractivity contribution is 0.672. The molecule has 0 unspecified atom stereocenters. The molecule has 322 valence electrons. The lowest BCUT2D eigenvalue weighted by Crippen LogP contribution is -2.11. The van der Waals surface area contributed by atoms with Gasteiger partial charge in [0.1, 0.15) is 11.2 Å². The van der Waals surface area contributed by atoms with Crippen molar-refractivity contribution in [2.24, 2.45) is 0 Å². The molecule has 0 amide bonds. The van der Waals surface area contributed by atoms with Crippen molar-refractivity contribution in [3.63, 3.8) is 0 Å². The van der Waals surface area contributed by atoms with Gasteiger partial charge in [-0.25, -0.2) is 0 Å². The first kappa shape index (κ1) is 39.0. The Labute approximate surface area is 399 Å². The maximum absolute atomic E-state index is 6.58. The maximum atomic E-state index is 6.58. The molecular formula is C66H42N2O. The zero-order chi connectivity index (χ0) is 45.4. The highest BCUT2D eigenvalue weighted by Gasteiger charge is 2.21. The van der Waals surface area contributed by atoms with Crippen LogP contribution in [0.15, 0.2) is 259 Å². The van der Waals surface area contributed by atoms with E-state index in [1.165, 1.54) is 65.4 Å². The maximum Gasteiger partial charge on any atom is 0.143 e. The summed E-state index contributed by atoms with van der Waals surface area (Å²) in [6.07, 6.45) is 0. The second-order valence-corrected chi connectivity index (χ2v) is 18.0. The minimum Gasteiger partial charge on any atom is -0.455 e. The molecule has 0 atom stereocenters. The smallest absolute Gasteiger partial charge is 0.143 e. The number of para-hydroxylation sites is 4. The molecule has 3 heteroatoms. The van der Waals surface area contributed by atoms with Crippen molar-refractivity contribution in [1.29, 1.82) is 0 Å². The Morgan fingerprint density at radius 1 is 0.304 bits per heavy atom. The zero-order valence-electron chi connectivity index (χ0n) is 37.6. The van der Waals surface area contributed by atoms with Crippen LogP contribution in [-0.4, -0.2) is 4.57 Å². The molecule has 69 heavy (non-hydrogen) atoms. The molecule has 2 aromatic heterocycles. The van der Waals surface area contributed by atoms with Crippen LogP contribution in [-0.2, 0) is 0 Å². The fourth-order valence-electron chi connectivity index (χ4n) is 11.0. The average molecular weight is 879 g/mol. The van der Waals surface area contributed by atoms with Crippen molar-refractivity contribution in [2.45, 2.75) is 0 Å². The number of fused-ring (bicyclic) bond motifs is 11. The van der Waals surface area contributed by atoms with E-state index in [1.807, 2.05) is 0 Å². The van der Waals surface area contributed by atoms with Crippen LogP contribution < -0.4 is 4.90 Å². The van der Waals surface area contributed by atoms with Gasteiger partial charge in [-0.1, -0.05) is 182 Å². The predicted molar refractivity (Wildman–Crippen MR) is 292 cm³/mol. The first-order chi connectivity index (χ1) is 34.2. The predicted octanol–water partition coefficient (Wildman–Crippen LogP) is 18.6. The standard InChI is InChI=1S/C66H42N2O/c1-4-20-53-43(15-1)33-39-58-60-42-47(34-40-65(60)69-66(53)58)52-19-8-11-25-61(52)67(49-37-31-45(32-38-49)59-41-46-16-2-3-17-50(46)54-21-5-6-22-55(54)59)48-35-29-44(30-36-48)51-18-7-12-26-62(51)68-63-27-13-9-23-56(63)57-24-10-14-28-64(57)68/h1-42H. The van der Waals surface area contributed by atoms with E-state index in [9.17, 15) is 0 Å². The van der Waals surface area contributed by atoms with E-state index in [4.69, 9.17) is 4.42 Å². The van der Waals surface area contributed by atoms with Gasteiger partial charge in [-0.2, -0.15) is 0 Å². The second kappa shape index (κ2) is 15.7. The number of hydrogen-bond acceptors (Lipinski definition) is 2. The first-order valence-corrected chi connectivity index (χ1v) is 23.7. The van der Waals surface area contributed by atoms with Crippen molar-refractivity contribution >= 4 is 93.1 Å².